The van der Waals surface area contributed by atoms with Gasteiger partial charge in [0.2, 0.25) is 5.91 Å². The Labute approximate surface area is 134 Å². The van der Waals surface area contributed by atoms with Gasteiger partial charge >= 0.3 is 0 Å². The number of nitrogens with one attached hydrogen (secondary N) is 2. The van der Waals surface area contributed by atoms with E-state index in [0.717, 1.165) is 6.26 Å². The number of hydrogen-bond donors (Lipinski definition) is 2. The van der Waals surface area contributed by atoms with Gasteiger partial charge in [0.05, 0.1) is 4.92 Å². The van der Waals surface area contributed by atoms with Crippen molar-refractivity contribution in [3.63, 3.8) is 0 Å². The van der Waals surface area contributed by atoms with Gasteiger partial charge in [0.15, 0.2) is 14.6 Å². The summed E-state index contributed by atoms with van der Waals surface area (Å²) < 4.78 is 22.8. The fourth-order valence-electron chi connectivity index (χ4n) is 2.73. The van der Waals surface area contributed by atoms with Crippen molar-refractivity contribution in [1.29, 1.82) is 0 Å². The number of nitro benzene ring substituents is 1. The summed E-state index contributed by atoms with van der Waals surface area (Å²) in [7, 11) is -3.63. The monoisotopic (exact) mass is 341 g/mol. The average molecular weight is 341 g/mol. The molecular weight excluding hydrogens is 322 g/mol. The van der Waals surface area contributed by atoms with Gasteiger partial charge in [-0.05, 0) is 38.9 Å². The number of anilines is 1. The normalized spacial score (nSPS) is 17.5. The number of aryl methyl sites for hydroxylation is 1. The van der Waals surface area contributed by atoms with Crippen LogP contribution in [0.1, 0.15) is 18.4 Å². The number of amides is 1. The Bertz CT molecular complexity index is 739. The molecular formula is C14H19N3O5S. The van der Waals surface area contributed by atoms with Crippen LogP contribution in [0.25, 0.3) is 0 Å². The molecule has 8 nitrogen and oxygen atoms in total. The van der Waals surface area contributed by atoms with Gasteiger partial charge in [-0.3, -0.25) is 14.9 Å². The van der Waals surface area contributed by atoms with E-state index in [1.807, 2.05) is 0 Å². The second-order valence-corrected chi connectivity index (χ2v) is 8.05. The maximum absolute atomic E-state index is 12.6. The highest BCUT2D eigenvalue weighted by molar-refractivity contribution is 7.92. The molecule has 126 valence electrons. The van der Waals surface area contributed by atoms with Crippen LogP contribution in [-0.2, 0) is 14.6 Å². The minimum Gasteiger partial charge on any atom is -0.324 e. The third-order valence-electron chi connectivity index (χ3n) is 4.20. The van der Waals surface area contributed by atoms with Crippen LogP contribution in [0.2, 0.25) is 0 Å². The van der Waals surface area contributed by atoms with Crippen LogP contribution in [0, 0.1) is 17.0 Å². The lowest BCUT2D eigenvalue weighted by Crippen LogP contribution is -2.55. The standard InChI is InChI=1S/C14H19N3O5S/c1-10-3-4-11(9-12(10)17(19)20)16-13(18)14(23(2,21)22)5-7-15-8-6-14/h3-4,9,15H,5-8H2,1-2H3,(H,16,18). The largest absolute Gasteiger partial charge is 0.324 e. The molecule has 1 aliphatic rings. The van der Waals surface area contributed by atoms with Crippen LogP contribution in [0.4, 0.5) is 11.4 Å². The molecule has 9 heteroatoms. The Balaban J connectivity index is 2.33. The van der Waals surface area contributed by atoms with Crippen LogP contribution < -0.4 is 10.6 Å². The van der Waals surface area contributed by atoms with Crippen molar-refractivity contribution in [2.24, 2.45) is 0 Å². The van der Waals surface area contributed by atoms with Crippen molar-refractivity contribution in [3.05, 3.63) is 33.9 Å². The molecule has 1 aliphatic heterocycles. The van der Waals surface area contributed by atoms with Crippen molar-refractivity contribution in [3.8, 4) is 0 Å². The molecule has 1 amide bonds. The molecule has 0 aliphatic carbocycles. The van der Waals surface area contributed by atoms with E-state index in [9.17, 15) is 23.3 Å². The molecule has 0 spiro atoms. The number of sulfone groups is 1. The lowest BCUT2D eigenvalue weighted by atomic mass is 9.95. The lowest BCUT2D eigenvalue weighted by Gasteiger charge is -2.34. The Hall–Kier alpha value is -2.00. The number of nitro groups is 1. The molecule has 1 aromatic rings. The predicted molar refractivity (Wildman–Crippen MR) is 86.1 cm³/mol. The highest BCUT2D eigenvalue weighted by Crippen LogP contribution is 2.30. The first-order chi connectivity index (χ1) is 10.7. The lowest BCUT2D eigenvalue weighted by molar-refractivity contribution is -0.385. The molecule has 0 radical (unpaired) electrons. The van der Waals surface area contributed by atoms with E-state index >= 15 is 0 Å². The van der Waals surface area contributed by atoms with Crippen molar-refractivity contribution in [2.45, 2.75) is 24.5 Å². The summed E-state index contributed by atoms with van der Waals surface area (Å²) in [6, 6.07) is 4.28. The van der Waals surface area contributed by atoms with E-state index < -0.39 is 25.4 Å². The first-order valence-corrected chi connectivity index (χ1v) is 9.03. The molecule has 2 N–H and O–H groups in total. The Morgan fingerprint density at radius 1 is 1.35 bits per heavy atom. The Kier molecular flexibility index (Phi) is 4.71. The van der Waals surface area contributed by atoms with Crippen molar-refractivity contribution >= 4 is 27.1 Å². The molecule has 0 saturated carbocycles. The summed E-state index contributed by atoms with van der Waals surface area (Å²) in [6.45, 7) is 2.44. The number of carbonyl (C=O) groups excluding carboxylic acids is 1. The van der Waals surface area contributed by atoms with E-state index in [2.05, 4.69) is 10.6 Å². The first kappa shape index (κ1) is 17.4. The van der Waals surface area contributed by atoms with Gasteiger partial charge in [0, 0.05) is 23.6 Å². The zero-order valence-electron chi connectivity index (χ0n) is 13.0. The van der Waals surface area contributed by atoms with Crippen molar-refractivity contribution in [1.82, 2.24) is 5.32 Å². The van der Waals surface area contributed by atoms with Crippen LogP contribution >= 0.6 is 0 Å². The van der Waals surface area contributed by atoms with Crippen LogP contribution in [0.5, 0.6) is 0 Å². The van der Waals surface area contributed by atoms with E-state index in [1.54, 1.807) is 6.92 Å². The van der Waals surface area contributed by atoms with E-state index in [1.165, 1.54) is 18.2 Å². The van der Waals surface area contributed by atoms with Crippen LogP contribution in [0.15, 0.2) is 18.2 Å². The second kappa shape index (κ2) is 6.25. The number of benzene rings is 1. The van der Waals surface area contributed by atoms with E-state index in [4.69, 9.17) is 0 Å². The highest BCUT2D eigenvalue weighted by Gasteiger charge is 2.48. The zero-order valence-corrected chi connectivity index (χ0v) is 13.8. The fraction of sp³-hybridized carbons (Fsp3) is 0.500. The van der Waals surface area contributed by atoms with Crippen LogP contribution in [-0.4, -0.2) is 43.3 Å². The molecule has 0 bridgehead atoms. The summed E-state index contributed by atoms with van der Waals surface area (Å²) in [5, 5.41) is 16.5. The third-order valence-corrected chi connectivity index (χ3v) is 6.21. The minimum absolute atomic E-state index is 0.124. The number of piperidine rings is 1. The van der Waals surface area contributed by atoms with Crippen molar-refractivity contribution < 1.29 is 18.1 Å². The molecule has 1 heterocycles. The molecule has 1 aromatic carbocycles. The fourth-order valence-corrected chi connectivity index (χ4v) is 4.06. The number of hydrogen-bond acceptors (Lipinski definition) is 6. The summed E-state index contributed by atoms with van der Waals surface area (Å²) in [5.74, 6) is -0.639. The molecule has 0 atom stereocenters. The zero-order chi connectivity index (χ0) is 17.3. The highest BCUT2D eigenvalue weighted by atomic mass is 32.2. The van der Waals surface area contributed by atoms with Gasteiger partial charge in [-0.25, -0.2) is 8.42 Å². The van der Waals surface area contributed by atoms with Gasteiger partial charge in [-0.2, -0.15) is 0 Å². The van der Waals surface area contributed by atoms with Gasteiger partial charge in [0.25, 0.3) is 5.69 Å². The molecule has 0 unspecified atom stereocenters. The number of rotatable bonds is 4. The second-order valence-electron chi connectivity index (χ2n) is 5.73. The van der Waals surface area contributed by atoms with Gasteiger partial charge in [0.1, 0.15) is 0 Å². The van der Waals surface area contributed by atoms with Crippen LogP contribution in [0.3, 0.4) is 0 Å². The molecule has 0 aromatic heterocycles. The smallest absolute Gasteiger partial charge is 0.274 e. The third kappa shape index (κ3) is 3.35. The van der Waals surface area contributed by atoms with Gasteiger partial charge in [-0.15, -0.1) is 0 Å². The maximum Gasteiger partial charge on any atom is 0.274 e. The average Bonchev–Trinajstić information content (AvgIpc) is 2.48. The molecule has 2 rings (SSSR count). The predicted octanol–water partition coefficient (Wildman–Crippen LogP) is 1.01. The molecule has 1 fully saturated rings. The number of nitrogens with zero attached hydrogens (tertiary/aromatic N) is 1. The molecule has 1 saturated heterocycles. The molecule has 23 heavy (non-hydrogen) atoms. The summed E-state index contributed by atoms with van der Waals surface area (Å²) in [4.78, 5) is 23.0. The van der Waals surface area contributed by atoms with E-state index in [-0.39, 0.29) is 24.2 Å². The minimum atomic E-state index is -3.63. The Morgan fingerprint density at radius 2 is 1.96 bits per heavy atom. The maximum atomic E-state index is 12.6. The van der Waals surface area contributed by atoms with Crippen molar-refractivity contribution in [2.75, 3.05) is 24.7 Å². The van der Waals surface area contributed by atoms with Gasteiger partial charge in [-0.1, -0.05) is 6.07 Å². The quantitative estimate of drug-likeness (QED) is 0.623. The van der Waals surface area contributed by atoms with Gasteiger partial charge < -0.3 is 10.6 Å². The first-order valence-electron chi connectivity index (χ1n) is 7.14. The summed E-state index contributed by atoms with van der Waals surface area (Å²) in [6.07, 6.45) is 1.40. The SMILES string of the molecule is Cc1ccc(NC(=O)C2(S(C)(=O)=O)CCNCC2)cc1[N+](=O)[O-]. The topological polar surface area (TPSA) is 118 Å². The Morgan fingerprint density at radius 3 is 2.48 bits per heavy atom. The summed E-state index contributed by atoms with van der Waals surface area (Å²) in [5.41, 5.74) is 0.558. The summed E-state index contributed by atoms with van der Waals surface area (Å²) >= 11 is 0. The van der Waals surface area contributed by atoms with E-state index in [0.29, 0.717) is 18.7 Å². The number of carbonyl (C=O) groups is 1.